The van der Waals surface area contributed by atoms with Crippen molar-refractivity contribution in [1.29, 1.82) is 0 Å². The van der Waals surface area contributed by atoms with E-state index in [2.05, 4.69) is 17.1 Å². The number of likely N-dealkylation sites (tertiary alicyclic amines) is 1. The highest BCUT2D eigenvalue weighted by molar-refractivity contribution is 5.95. The van der Waals surface area contributed by atoms with Crippen LogP contribution in [-0.2, 0) is 0 Å². The smallest absolute Gasteiger partial charge is 0.276 e. The quantitative estimate of drug-likeness (QED) is 0.553. The van der Waals surface area contributed by atoms with Crippen LogP contribution in [-0.4, -0.2) is 46.5 Å². The van der Waals surface area contributed by atoms with E-state index in [0.717, 1.165) is 31.5 Å². The number of amides is 1. The summed E-state index contributed by atoms with van der Waals surface area (Å²) in [6, 6.07) is 11.7. The third-order valence-corrected chi connectivity index (χ3v) is 5.58. The molecule has 0 spiro atoms. The van der Waals surface area contributed by atoms with Crippen molar-refractivity contribution in [2.45, 2.75) is 38.8 Å². The molecule has 1 heterocycles. The SMILES string of the molecule is CCN1CCCC1CNC(=O)c1ccc(C(O)c2ccc(C)cc2)c([N+](=O)[O-])c1. The van der Waals surface area contributed by atoms with Crippen molar-refractivity contribution in [3.8, 4) is 0 Å². The minimum atomic E-state index is -1.13. The van der Waals surface area contributed by atoms with E-state index in [9.17, 15) is 20.0 Å². The van der Waals surface area contributed by atoms with E-state index >= 15 is 0 Å². The molecule has 3 rings (SSSR count). The first-order valence-electron chi connectivity index (χ1n) is 9.96. The Bertz CT molecular complexity index is 882. The van der Waals surface area contributed by atoms with Gasteiger partial charge in [0.2, 0.25) is 0 Å². The van der Waals surface area contributed by atoms with Crippen LogP contribution in [0.15, 0.2) is 42.5 Å². The second kappa shape index (κ2) is 9.15. The average Bonchev–Trinajstić information content (AvgIpc) is 3.19. The van der Waals surface area contributed by atoms with E-state index in [-0.39, 0.29) is 22.7 Å². The number of hydrogen-bond donors (Lipinski definition) is 2. The van der Waals surface area contributed by atoms with Gasteiger partial charge in [0.15, 0.2) is 0 Å². The van der Waals surface area contributed by atoms with E-state index in [1.165, 1.54) is 18.2 Å². The fourth-order valence-electron chi connectivity index (χ4n) is 3.86. The number of nitro groups is 1. The molecule has 0 radical (unpaired) electrons. The van der Waals surface area contributed by atoms with Crippen molar-refractivity contribution in [2.24, 2.45) is 0 Å². The van der Waals surface area contributed by atoms with Gasteiger partial charge in [-0.15, -0.1) is 0 Å². The highest BCUT2D eigenvalue weighted by atomic mass is 16.6. The summed E-state index contributed by atoms with van der Waals surface area (Å²) < 4.78 is 0. The number of carbonyl (C=O) groups is 1. The van der Waals surface area contributed by atoms with Gasteiger partial charge in [0.25, 0.3) is 11.6 Å². The van der Waals surface area contributed by atoms with Crippen LogP contribution in [0.5, 0.6) is 0 Å². The summed E-state index contributed by atoms with van der Waals surface area (Å²) in [7, 11) is 0. The Hall–Kier alpha value is -2.77. The number of nitro benzene ring substituents is 1. The summed E-state index contributed by atoms with van der Waals surface area (Å²) in [5, 5.41) is 25.1. The minimum absolute atomic E-state index is 0.170. The molecule has 7 nitrogen and oxygen atoms in total. The average molecular weight is 397 g/mol. The van der Waals surface area contributed by atoms with Crippen LogP contribution >= 0.6 is 0 Å². The van der Waals surface area contributed by atoms with E-state index in [4.69, 9.17) is 0 Å². The minimum Gasteiger partial charge on any atom is -0.383 e. The van der Waals surface area contributed by atoms with Crippen LogP contribution in [0.1, 0.15) is 52.9 Å². The fourth-order valence-corrected chi connectivity index (χ4v) is 3.86. The molecule has 0 aromatic heterocycles. The summed E-state index contributed by atoms with van der Waals surface area (Å²) in [4.78, 5) is 25.9. The molecule has 0 aliphatic carbocycles. The molecule has 0 bridgehead atoms. The molecule has 2 aromatic carbocycles. The van der Waals surface area contributed by atoms with Crippen molar-refractivity contribution < 1.29 is 14.8 Å². The maximum absolute atomic E-state index is 12.5. The maximum Gasteiger partial charge on any atom is 0.276 e. The topological polar surface area (TPSA) is 95.7 Å². The number of nitrogens with zero attached hydrogens (tertiary/aromatic N) is 2. The van der Waals surface area contributed by atoms with Gasteiger partial charge in [-0.05, 0) is 50.6 Å². The third-order valence-electron chi connectivity index (χ3n) is 5.58. The van der Waals surface area contributed by atoms with Crippen molar-refractivity contribution in [3.05, 3.63) is 74.8 Å². The molecule has 1 fully saturated rings. The number of benzene rings is 2. The summed E-state index contributed by atoms with van der Waals surface area (Å²) in [5.74, 6) is -0.340. The van der Waals surface area contributed by atoms with E-state index < -0.39 is 11.0 Å². The predicted molar refractivity (Wildman–Crippen MR) is 111 cm³/mol. The number of aliphatic hydroxyl groups excluding tert-OH is 1. The molecule has 1 aliphatic rings. The highest BCUT2D eigenvalue weighted by Crippen LogP contribution is 2.31. The molecule has 7 heteroatoms. The molecule has 29 heavy (non-hydrogen) atoms. The zero-order valence-electron chi connectivity index (χ0n) is 16.8. The summed E-state index contributed by atoms with van der Waals surface area (Å²) in [6.07, 6.45) is 1.02. The number of carbonyl (C=O) groups excluding carboxylic acids is 1. The first-order valence-corrected chi connectivity index (χ1v) is 9.96. The number of aryl methyl sites for hydroxylation is 1. The Kier molecular flexibility index (Phi) is 6.61. The Morgan fingerprint density at radius 1 is 1.31 bits per heavy atom. The van der Waals surface area contributed by atoms with E-state index in [1.54, 1.807) is 12.1 Å². The Balaban J connectivity index is 1.77. The van der Waals surface area contributed by atoms with Gasteiger partial charge in [0, 0.05) is 24.2 Å². The highest BCUT2D eigenvalue weighted by Gasteiger charge is 2.26. The molecule has 1 amide bonds. The monoisotopic (exact) mass is 397 g/mol. The van der Waals surface area contributed by atoms with Crippen LogP contribution in [0.4, 0.5) is 5.69 Å². The number of likely N-dealkylation sites (N-methyl/N-ethyl adjacent to an activating group) is 1. The van der Waals surface area contributed by atoms with Gasteiger partial charge in [-0.25, -0.2) is 0 Å². The lowest BCUT2D eigenvalue weighted by Crippen LogP contribution is -2.40. The van der Waals surface area contributed by atoms with Gasteiger partial charge in [-0.2, -0.15) is 0 Å². The van der Waals surface area contributed by atoms with Gasteiger partial charge in [0.05, 0.1) is 10.5 Å². The molecule has 154 valence electrons. The lowest BCUT2D eigenvalue weighted by molar-refractivity contribution is -0.386. The van der Waals surface area contributed by atoms with E-state index in [0.29, 0.717) is 18.2 Å². The third kappa shape index (κ3) is 4.81. The zero-order chi connectivity index (χ0) is 21.0. The molecule has 2 aromatic rings. The van der Waals surface area contributed by atoms with Crippen LogP contribution in [0, 0.1) is 17.0 Å². The number of rotatable bonds is 7. The summed E-state index contributed by atoms with van der Waals surface area (Å²) in [5.41, 5.74) is 1.73. The molecule has 2 unspecified atom stereocenters. The number of aliphatic hydroxyl groups is 1. The lowest BCUT2D eigenvalue weighted by atomic mass is 9.97. The first kappa shape index (κ1) is 21.0. The Morgan fingerprint density at radius 3 is 2.69 bits per heavy atom. The van der Waals surface area contributed by atoms with Gasteiger partial charge >= 0.3 is 0 Å². The van der Waals surface area contributed by atoms with Crippen LogP contribution < -0.4 is 5.32 Å². The number of nitrogens with one attached hydrogen (secondary N) is 1. The van der Waals surface area contributed by atoms with Gasteiger partial charge in [-0.3, -0.25) is 19.8 Å². The number of hydrogen-bond acceptors (Lipinski definition) is 5. The standard InChI is InChI=1S/C22H27N3O4/c1-3-24-12-4-5-18(24)14-23-22(27)17-10-11-19(20(13-17)25(28)29)21(26)16-8-6-15(2)7-9-16/h6-11,13,18,21,26H,3-5,12,14H2,1-2H3,(H,23,27). The molecule has 1 aliphatic heterocycles. The van der Waals surface area contributed by atoms with Crippen LogP contribution in [0.25, 0.3) is 0 Å². The Morgan fingerprint density at radius 2 is 2.03 bits per heavy atom. The van der Waals surface area contributed by atoms with Gasteiger partial charge < -0.3 is 10.4 Å². The summed E-state index contributed by atoms with van der Waals surface area (Å²) >= 11 is 0. The zero-order valence-corrected chi connectivity index (χ0v) is 16.8. The van der Waals surface area contributed by atoms with E-state index in [1.807, 2.05) is 19.1 Å². The molecule has 2 atom stereocenters. The fraction of sp³-hybridized carbons (Fsp3) is 0.409. The van der Waals surface area contributed by atoms with Gasteiger partial charge in [0.1, 0.15) is 6.10 Å². The molecule has 1 saturated heterocycles. The van der Waals surface area contributed by atoms with Gasteiger partial charge in [-0.1, -0.05) is 36.8 Å². The molecule has 2 N–H and O–H groups in total. The maximum atomic E-state index is 12.5. The van der Waals surface area contributed by atoms with Crippen molar-refractivity contribution in [1.82, 2.24) is 10.2 Å². The molecular weight excluding hydrogens is 370 g/mol. The predicted octanol–water partition coefficient (Wildman–Crippen LogP) is 3.20. The van der Waals surface area contributed by atoms with Crippen molar-refractivity contribution >= 4 is 11.6 Å². The van der Waals surface area contributed by atoms with Crippen molar-refractivity contribution in [3.63, 3.8) is 0 Å². The summed E-state index contributed by atoms with van der Waals surface area (Å²) in [6.45, 7) is 6.53. The second-order valence-electron chi connectivity index (χ2n) is 7.48. The van der Waals surface area contributed by atoms with Crippen molar-refractivity contribution in [2.75, 3.05) is 19.6 Å². The Labute approximate surface area is 170 Å². The largest absolute Gasteiger partial charge is 0.383 e. The van der Waals surface area contributed by atoms with Crippen LogP contribution in [0.3, 0.4) is 0 Å². The lowest BCUT2D eigenvalue weighted by Gasteiger charge is -2.22. The second-order valence-corrected chi connectivity index (χ2v) is 7.48. The normalized spacial score (nSPS) is 17.8. The molecular formula is C22H27N3O4. The van der Waals surface area contributed by atoms with Crippen LogP contribution in [0.2, 0.25) is 0 Å². The molecule has 0 saturated carbocycles. The first-order chi connectivity index (χ1) is 13.9.